The van der Waals surface area contributed by atoms with Crippen LogP contribution in [-0.2, 0) is 11.2 Å². The quantitative estimate of drug-likeness (QED) is 0.883. The molecule has 1 aliphatic carbocycles. The van der Waals surface area contributed by atoms with Crippen LogP contribution in [0.1, 0.15) is 35.2 Å². The Morgan fingerprint density at radius 3 is 2.88 bits per heavy atom. The number of carboxylic acid groups (broad SMARTS) is 1. The van der Waals surface area contributed by atoms with Crippen LogP contribution in [0.15, 0.2) is 36.7 Å². The zero-order valence-electron chi connectivity index (χ0n) is 14.3. The molecule has 2 atom stereocenters. The molecule has 2 aliphatic rings. The average Bonchev–Trinajstić information content (AvgIpc) is 3.30. The number of nitrogens with zero attached hydrogens (tertiary/aromatic N) is 1. The van der Waals surface area contributed by atoms with Crippen molar-refractivity contribution in [1.82, 2.24) is 10.3 Å². The molecule has 1 aliphatic heterocycles. The van der Waals surface area contributed by atoms with Gasteiger partial charge in [-0.1, -0.05) is 12.5 Å². The Bertz CT molecular complexity index is 865. The molecule has 0 bridgehead atoms. The van der Waals surface area contributed by atoms with E-state index in [1.165, 1.54) is 6.20 Å². The maximum atomic E-state index is 12.6. The van der Waals surface area contributed by atoms with Gasteiger partial charge in [0.2, 0.25) is 0 Å². The summed E-state index contributed by atoms with van der Waals surface area (Å²) < 4.78 is 5.53. The van der Waals surface area contributed by atoms with E-state index in [1.807, 2.05) is 12.1 Å². The summed E-state index contributed by atoms with van der Waals surface area (Å²) >= 11 is 0. The molecule has 2 N–H and O–H groups in total. The number of aromatic nitrogens is 1. The molecule has 1 amide bonds. The largest absolute Gasteiger partial charge is 0.493 e. The van der Waals surface area contributed by atoms with Gasteiger partial charge in [-0.3, -0.25) is 14.6 Å². The van der Waals surface area contributed by atoms with Crippen molar-refractivity contribution in [1.29, 1.82) is 0 Å². The fourth-order valence-corrected chi connectivity index (χ4v) is 3.77. The van der Waals surface area contributed by atoms with Crippen LogP contribution in [0.4, 0.5) is 0 Å². The summed E-state index contributed by atoms with van der Waals surface area (Å²) in [5.41, 5.74) is 3.44. The molecule has 6 heteroatoms. The summed E-state index contributed by atoms with van der Waals surface area (Å²) in [5.74, 6) is -0.717. The van der Waals surface area contributed by atoms with Gasteiger partial charge in [0.15, 0.2) is 0 Å². The van der Waals surface area contributed by atoms with E-state index in [0.29, 0.717) is 25.0 Å². The molecule has 134 valence electrons. The van der Waals surface area contributed by atoms with Crippen LogP contribution >= 0.6 is 0 Å². The smallest absolute Gasteiger partial charge is 0.308 e. The van der Waals surface area contributed by atoms with Crippen LogP contribution in [0, 0.1) is 5.92 Å². The first-order chi connectivity index (χ1) is 12.6. The minimum absolute atomic E-state index is 0.276. The van der Waals surface area contributed by atoms with E-state index in [1.54, 1.807) is 12.3 Å². The molecule has 1 fully saturated rings. The van der Waals surface area contributed by atoms with Crippen molar-refractivity contribution in [3.63, 3.8) is 0 Å². The third-order valence-electron chi connectivity index (χ3n) is 5.17. The number of amides is 1. The van der Waals surface area contributed by atoms with Gasteiger partial charge >= 0.3 is 5.97 Å². The van der Waals surface area contributed by atoms with Gasteiger partial charge in [-0.25, -0.2) is 0 Å². The second kappa shape index (κ2) is 6.78. The number of hydrogen-bond acceptors (Lipinski definition) is 4. The van der Waals surface area contributed by atoms with Gasteiger partial charge in [0.1, 0.15) is 5.75 Å². The zero-order valence-corrected chi connectivity index (χ0v) is 14.3. The third kappa shape index (κ3) is 3.14. The maximum absolute atomic E-state index is 12.6. The van der Waals surface area contributed by atoms with Gasteiger partial charge in [0, 0.05) is 30.4 Å². The minimum atomic E-state index is -0.847. The highest BCUT2D eigenvalue weighted by atomic mass is 16.5. The van der Waals surface area contributed by atoms with Gasteiger partial charge in [-0.05, 0) is 42.2 Å². The Morgan fingerprint density at radius 1 is 1.15 bits per heavy atom. The Morgan fingerprint density at radius 2 is 2.04 bits per heavy atom. The Labute approximate surface area is 151 Å². The number of fused-ring (bicyclic) bond motifs is 1. The fourth-order valence-electron chi connectivity index (χ4n) is 3.77. The maximum Gasteiger partial charge on any atom is 0.308 e. The minimum Gasteiger partial charge on any atom is -0.493 e. The normalized spacial score (nSPS) is 21.1. The average molecular weight is 352 g/mol. The molecule has 2 aromatic rings. The molecule has 0 spiro atoms. The number of rotatable bonds is 4. The Hall–Kier alpha value is -2.89. The molecule has 0 radical (unpaired) electrons. The number of aliphatic carboxylic acids is 1. The number of ether oxygens (including phenoxy) is 1. The predicted molar refractivity (Wildman–Crippen MR) is 95.1 cm³/mol. The fraction of sp³-hybridized carbons (Fsp3) is 0.350. The molecule has 1 aromatic carbocycles. The van der Waals surface area contributed by atoms with E-state index in [4.69, 9.17) is 4.74 Å². The van der Waals surface area contributed by atoms with E-state index in [0.717, 1.165) is 35.3 Å². The van der Waals surface area contributed by atoms with Crippen molar-refractivity contribution < 1.29 is 19.4 Å². The van der Waals surface area contributed by atoms with Crippen LogP contribution < -0.4 is 10.1 Å². The molecule has 0 saturated heterocycles. The van der Waals surface area contributed by atoms with Gasteiger partial charge < -0.3 is 15.2 Å². The standard InChI is InChI=1S/C20H20N2O4/c23-19(22-17-3-1-2-16(17)20(24)25)15-9-14(10-21-11-15)12-4-5-18-13(8-12)6-7-26-18/h4-5,8-11,16-17H,1-3,6-7H2,(H,22,23)(H,24,25)/t16-,17+/m1/s1. The molecule has 0 unspecified atom stereocenters. The summed E-state index contributed by atoms with van der Waals surface area (Å²) in [7, 11) is 0. The second-order valence-electron chi connectivity index (χ2n) is 6.84. The molecule has 26 heavy (non-hydrogen) atoms. The number of carboxylic acids is 1. The zero-order chi connectivity index (χ0) is 18.1. The lowest BCUT2D eigenvalue weighted by atomic mass is 10.0. The van der Waals surface area contributed by atoms with E-state index in [2.05, 4.69) is 16.4 Å². The highest BCUT2D eigenvalue weighted by molar-refractivity contribution is 5.95. The molecule has 4 rings (SSSR count). The number of nitrogens with one attached hydrogen (secondary N) is 1. The van der Waals surface area contributed by atoms with Crippen molar-refractivity contribution in [3.05, 3.63) is 47.8 Å². The first-order valence-electron chi connectivity index (χ1n) is 8.86. The van der Waals surface area contributed by atoms with Crippen molar-refractivity contribution in [2.75, 3.05) is 6.61 Å². The van der Waals surface area contributed by atoms with Crippen molar-refractivity contribution in [2.24, 2.45) is 5.92 Å². The predicted octanol–water partition coefficient (Wildman–Crippen LogP) is 2.67. The summed E-state index contributed by atoms with van der Waals surface area (Å²) in [5, 5.41) is 12.1. The van der Waals surface area contributed by atoms with Crippen molar-refractivity contribution >= 4 is 11.9 Å². The highest BCUT2D eigenvalue weighted by Crippen LogP contribution is 2.31. The molecule has 6 nitrogen and oxygen atoms in total. The Balaban J connectivity index is 1.54. The van der Waals surface area contributed by atoms with Crippen LogP contribution in [0.2, 0.25) is 0 Å². The lowest BCUT2D eigenvalue weighted by molar-refractivity contribution is -0.142. The molecule has 2 heterocycles. The van der Waals surface area contributed by atoms with E-state index < -0.39 is 11.9 Å². The summed E-state index contributed by atoms with van der Waals surface area (Å²) in [6.07, 6.45) is 6.24. The number of carbonyl (C=O) groups excluding carboxylic acids is 1. The summed E-state index contributed by atoms with van der Waals surface area (Å²) in [4.78, 5) is 28.1. The van der Waals surface area contributed by atoms with Gasteiger partial charge in [-0.15, -0.1) is 0 Å². The number of hydrogen-bond donors (Lipinski definition) is 2. The highest BCUT2D eigenvalue weighted by Gasteiger charge is 2.34. The topological polar surface area (TPSA) is 88.5 Å². The van der Waals surface area contributed by atoms with Crippen molar-refractivity contribution in [3.8, 4) is 16.9 Å². The van der Waals surface area contributed by atoms with Crippen LogP contribution in [0.5, 0.6) is 5.75 Å². The Kier molecular flexibility index (Phi) is 4.32. The van der Waals surface area contributed by atoms with E-state index in [-0.39, 0.29) is 11.9 Å². The van der Waals surface area contributed by atoms with Gasteiger partial charge in [0.05, 0.1) is 18.1 Å². The number of carbonyl (C=O) groups is 2. The first-order valence-corrected chi connectivity index (χ1v) is 8.86. The van der Waals surface area contributed by atoms with Gasteiger partial charge in [-0.2, -0.15) is 0 Å². The van der Waals surface area contributed by atoms with Crippen molar-refractivity contribution in [2.45, 2.75) is 31.7 Å². The van der Waals surface area contributed by atoms with Crippen LogP contribution in [-0.4, -0.2) is 34.6 Å². The first kappa shape index (κ1) is 16.6. The third-order valence-corrected chi connectivity index (χ3v) is 5.17. The van der Waals surface area contributed by atoms with E-state index in [9.17, 15) is 14.7 Å². The summed E-state index contributed by atoms with van der Waals surface area (Å²) in [6.45, 7) is 0.700. The molecule has 1 saturated carbocycles. The second-order valence-corrected chi connectivity index (χ2v) is 6.84. The van der Waals surface area contributed by atoms with Gasteiger partial charge in [0.25, 0.3) is 5.91 Å². The molecule has 1 aromatic heterocycles. The van der Waals surface area contributed by atoms with E-state index >= 15 is 0 Å². The summed E-state index contributed by atoms with van der Waals surface area (Å²) in [6, 6.07) is 7.45. The molecular formula is C20H20N2O4. The van der Waals surface area contributed by atoms with Crippen LogP contribution in [0.25, 0.3) is 11.1 Å². The molecular weight excluding hydrogens is 332 g/mol. The lowest BCUT2D eigenvalue weighted by Gasteiger charge is -2.17. The SMILES string of the molecule is O=C(N[C@H]1CCC[C@H]1C(=O)O)c1cncc(-c2ccc3c(c2)CCO3)c1. The van der Waals surface area contributed by atoms with Crippen LogP contribution in [0.3, 0.4) is 0 Å². The monoisotopic (exact) mass is 352 g/mol. The number of pyridine rings is 1. The number of benzene rings is 1. The lowest BCUT2D eigenvalue weighted by Crippen LogP contribution is -2.40.